The zero-order valence-corrected chi connectivity index (χ0v) is 16.1. The van der Waals surface area contributed by atoms with Gasteiger partial charge in [-0.2, -0.15) is 13.2 Å². The molecule has 2 aromatic rings. The second-order valence-corrected chi connectivity index (χ2v) is 5.54. The largest absolute Gasteiger partial charge is 1.00 e. The molecule has 0 fully saturated rings. The minimum atomic E-state index is -4.91. The van der Waals surface area contributed by atoms with E-state index in [1.54, 1.807) is 30.3 Å². The molecule has 4 nitrogen and oxygen atoms in total. The van der Waals surface area contributed by atoms with E-state index in [0.29, 0.717) is 5.75 Å². The first-order valence-corrected chi connectivity index (χ1v) is 7.37. The van der Waals surface area contributed by atoms with Gasteiger partial charge in [-0.25, -0.2) is 0 Å². The third-order valence-corrected chi connectivity index (χ3v) is 3.73. The summed E-state index contributed by atoms with van der Waals surface area (Å²) >= 11 is 6.07. The Kier molecular flexibility index (Phi) is 6.29. The summed E-state index contributed by atoms with van der Waals surface area (Å²) in [5.41, 5.74) is -1.06. The van der Waals surface area contributed by atoms with E-state index in [9.17, 15) is 23.1 Å². The molecule has 0 spiro atoms. The van der Waals surface area contributed by atoms with Crippen LogP contribution in [0.4, 0.5) is 13.2 Å². The average Bonchev–Trinajstić information content (AvgIpc) is 2.56. The number of rotatable bonds is 3. The van der Waals surface area contributed by atoms with Crippen molar-refractivity contribution in [3.05, 3.63) is 58.6 Å². The molecule has 0 N–H and O–H groups in total. The second-order valence-electron chi connectivity index (χ2n) is 5.13. The number of hydrogen-bond donors (Lipinski definition) is 0. The summed E-state index contributed by atoms with van der Waals surface area (Å²) in [5.74, 6) is -1.81. The number of halogens is 4. The van der Waals surface area contributed by atoms with Gasteiger partial charge in [0.1, 0.15) is 11.5 Å². The normalized spacial score (nSPS) is 15.8. The van der Waals surface area contributed by atoms with Crippen molar-refractivity contribution in [3.63, 3.8) is 0 Å². The molecule has 0 saturated carbocycles. The molecule has 0 saturated heterocycles. The number of benzene rings is 2. The van der Waals surface area contributed by atoms with Crippen LogP contribution in [-0.4, -0.2) is 18.2 Å². The summed E-state index contributed by atoms with van der Waals surface area (Å²) in [6.45, 7) is 0. The first-order chi connectivity index (χ1) is 11.8. The first-order valence-electron chi connectivity index (χ1n) is 6.99. The Hall–Kier alpha value is -1.67. The van der Waals surface area contributed by atoms with Crippen LogP contribution in [-0.2, 0) is 4.79 Å². The summed E-state index contributed by atoms with van der Waals surface area (Å²) in [6.07, 6.45) is -6.73. The smallest absolute Gasteiger partial charge is 0.545 e. The first kappa shape index (κ1) is 20.6. The fourth-order valence-corrected chi connectivity index (χ4v) is 2.54. The molecule has 130 valence electrons. The van der Waals surface area contributed by atoms with Crippen molar-refractivity contribution in [2.45, 2.75) is 12.3 Å². The molecule has 0 bridgehead atoms. The Morgan fingerprint density at radius 1 is 1.15 bits per heavy atom. The maximum atomic E-state index is 13.1. The van der Waals surface area contributed by atoms with Crippen molar-refractivity contribution in [3.8, 4) is 17.2 Å². The molecule has 0 amide bonds. The molecular weight excluding hydrogens is 384 g/mol. The molecule has 1 unspecified atom stereocenters. The van der Waals surface area contributed by atoms with Crippen LogP contribution in [0.25, 0.3) is 6.08 Å². The molecule has 0 radical (unpaired) electrons. The van der Waals surface area contributed by atoms with Gasteiger partial charge in [-0.3, -0.25) is 0 Å². The monoisotopic (exact) mass is 392 g/mol. The van der Waals surface area contributed by atoms with Crippen LogP contribution in [0.1, 0.15) is 5.56 Å². The van der Waals surface area contributed by atoms with Crippen LogP contribution in [0, 0.1) is 0 Å². The molecule has 0 aliphatic carbocycles. The number of carbonyl (C=O) groups is 1. The number of carboxylic acid groups (broad SMARTS) is 1. The number of alkyl halides is 3. The van der Waals surface area contributed by atoms with E-state index in [1.807, 2.05) is 0 Å². The van der Waals surface area contributed by atoms with E-state index in [0.717, 1.165) is 6.08 Å². The summed E-state index contributed by atoms with van der Waals surface area (Å²) in [6, 6.07) is 10.9. The van der Waals surface area contributed by atoms with Gasteiger partial charge in [-0.1, -0.05) is 29.8 Å². The minimum Gasteiger partial charge on any atom is -0.545 e. The van der Waals surface area contributed by atoms with E-state index >= 15 is 0 Å². The molecule has 3 rings (SSSR count). The molecule has 1 atom stereocenters. The number of hydrogen-bond acceptors (Lipinski definition) is 4. The van der Waals surface area contributed by atoms with Crippen molar-refractivity contribution in [1.29, 1.82) is 0 Å². The van der Waals surface area contributed by atoms with Gasteiger partial charge in [0.15, 0.2) is 5.75 Å². The zero-order chi connectivity index (χ0) is 18.2. The van der Waals surface area contributed by atoms with Gasteiger partial charge in [0.25, 0.3) is 0 Å². The molecule has 9 heteroatoms. The maximum Gasteiger partial charge on any atom is 1.00 e. The van der Waals surface area contributed by atoms with Crippen molar-refractivity contribution in [2.24, 2.45) is 0 Å². The Bertz CT molecular complexity index is 853. The summed E-state index contributed by atoms with van der Waals surface area (Å²) in [7, 11) is 0. The Labute approximate surface area is 173 Å². The summed E-state index contributed by atoms with van der Waals surface area (Å²) < 4.78 is 49.6. The van der Waals surface area contributed by atoms with Gasteiger partial charge in [-0.05, 0) is 30.3 Å². The summed E-state index contributed by atoms with van der Waals surface area (Å²) in [4.78, 5) is 11.1. The van der Waals surface area contributed by atoms with Crippen LogP contribution in [0.2, 0.25) is 5.02 Å². The Morgan fingerprint density at radius 2 is 1.81 bits per heavy atom. The number of fused-ring (bicyclic) bond motifs is 1. The van der Waals surface area contributed by atoms with Crippen molar-refractivity contribution in [2.75, 3.05) is 0 Å². The average molecular weight is 393 g/mol. The van der Waals surface area contributed by atoms with Crippen LogP contribution in [0.15, 0.2) is 48.0 Å². The predicted molar refractivity (Wildman–Crippen MR) is 81.4 cm³/mol. The molecular formula is C17H9ClF3NaO4. The van der Waals surface area contributed by atoms with E-state index in [2.05, 4.69) is 0 Å². The third-order valence-electron chi connectivity index (χ3n) is 3.43. The molecule has 1 aliphatic rings. The van der Waals surface area contributed by atoms with Crippen LogP contribution >= 0.6 is 11.6 Å². The van der Waals surface area contributed by atoms with Gasteiger partial charge >= 0.3 is 35.7 Å². The van der Waals surface area contributed by atoms with Crippen molar-refractivity contribution in [1.82, 2.24) is 0 Å². The Balaban J connectivity index is 0.00000243. The molecule has 26 heavy (non-hydrogen) atoms. The van der Waals surface area contributed by atoms with Crippen LogP contribution < -0.4 is 44.1 Å². The van der Waals surface area contributed by atoms with Crippen LogP contribution in [0.3, 0.4) is 0 Å². The molecule has 1 heterocycles. The van der Waals surface area contributed by atoms with Gasteiger partial charge in [0.2, 0.25) is 6.10 Å². The number of ether oxygens (including phenoxy) is 2. The number of para-hydroxylation sites is 1. The van der Waals surface area contributed by atoms with E-state index in [1.165, 1.54) is 12.1 Å². The molecule has 1 aliphatic heterocycles. The SMILES string of the molecule is O=C([O-])C1=Cc2c(ccc(Cl)c2Oc2ccccc2)OC1C(F)(F)F.[Na+]. The van der Waals surface area contributed by atoms with E-state index < -0.39 is 23.8 Å². The van der Waals surface area contributed by atoms with E-state index in [4.69, 9.17) is 21.1 Å². The number of carboxylic acids is 1. The quantitative estimate of drug-likeness (QED) is 0.718. The van der Waals surface area contributed by atoms with Crippen molar-refractivity contribution < 1.29 is 62.1 Å². The maximum absolute atomic E-state index is 13.1. The van der Waals surface area contributed by atoms with Gasteiger partial charge in [0, 0.05) is 5.57 Å². The van der Waals surface area contributed by atoms with Gasteiger partial charge in [0.05, 0.1) is 16.6 Å². The van der Waals surface area contributed by atoms with Crippen molar-refractivity contribution >= 4 is 23.6 Å². The predicted octanol–water partition coefficient (Wildman–Crippen LogP) is 0.593. The fraction of sp³-hybridized carbons (Fsp3) is 0.118. The van der Waals surface area contributed by atoms with Crippen LogP contribution in [0.5, 0.6) is 17.2 Å². The van der Waals surface area contributed by atoms with E-state index in [-0.39, 0.29) is 51.6 Å². The number of carbonyl (C=O) groups excluding carboxylic acids is 1. The third kappa shape index (κ3) is 4.17. The minimum absolute atomic E-state index is 0. The second kappa shape index (κ2) is 7.92. The zero-order valence-electron chi connectivity index (χ0n) is 13.3. The summed E-state index contributed by atoms with van der Waals surface area (Å²) in [5, 5.41) is 11.2. The van der Waals surface area contributed by atoms with Gasteiger partial charge in [-0.15, -0.1) is 0 Å². The Morgan fingerprint density at radius 3 is 2.38 bits per heavy atom. The molecule has 2 aromatic carbocycles. The fourth-order valence-electron chi connectivity index (χ4n) is 2.34. The molecule has 0 aromatic heterocycles. The topological polar surface area (TPSA) is 58.6 Å². The number of aliphatic carboxylic acids is 1. The standard InChI is InChI=1S/C17H10ClF3O4.Na/c18-12-6-7-13-10(14(12)24-9-4-2-1-3-5-9)8-11(16(22)23)15(25-13)17(19,20)21;/h1-8,15H,(H,22,23);/q;+1/p-1. The van der Waals surface area contributed by atoms with Gasteiger partial charge < -0.3 is 19.4 Å².